The third-order valence-electron chi connectivity index (χ3n) is 9.56. The molecule has 0 saturated carbocycles. The van der Waals surface area contributed by atoms with E-state index in [9.17, 15) is 18.0 Å². The standard InChI is InChI=1S/C22H25ClN4O3S.C21H23ClN4O/c1-15-11-21(27(26-15)20-6-4-5-18(23)12-20)9-10-22(28)16(2)17-7-8-19(24-13-17)14-25-31(3,29)30;1-14-10-20(26(25-14)19-5-3-4-17(22)11-19)8-9-21(27)15(2)16-6-7-18(12-23)24-13-16/h4-8,11-13,16,25H,9-10,14H2,1-3H3;3-7,10-11,13,15H,8-9,12,23H2,1-2H3. The Labute approximate surface area is 349 Å². The van der Waals surface area contributed by atoms with Crippen molar-refractivity contribution in [3.63, 3.8) is 0 Å². The molecular weight excluding hydrogens is 795 g/mol. The lowest BCUT2D eigenvalue weighted by Crippen LogP contribution is -2.21. The Morgan fingerprint density at radius 3 is 1.53 bits per heavy atom. The first kappa shape index (κ1) is 44.1. The Balaban J connectivity index is 0.000000223. The van der Waals surface area contributed by atoms with E-state index in [2.05, 4.69) is 24.9 Å². The number of sulfonamides is 1. The molecule has 3 N–H and O–H groups in total. The number of ketones is 2. The number of carbonyl (C=O) groups excluding carboxylic acids is 2. The highest BCUT2D eigenvalue weighted by molar-refractivity contribution is 7.88. The van der Waals surface area contributed by atoms with E-state index in [-0.39, 0.29) is 29.9 Å². The minimum Gasteiger partial charge on any atom is -0.325 e. The van der Waals surface area contributed by atoms with Gasteiger partial charge in [0.2, 0.25) is 10.0 Å². The lowest BCUT2D eigenvalue weighted by molar-refractivity contribution is -0.120. The number of aryl methyl sites for hydroxylation is 4. The fourth-order valence-corrected chi connectivity index (χ4v) is 7.03. The molecule has 0 amide bonds. The molecule has 12 nitrogen and oxygen atoms in total. The number of carbonyl (C=O) groups is 2. The van der Waals surface area contributed by atoms with Gasteiger partial charge in [-0.15, -0.1) is 0 Å². The van der Waals surface area contributed by atoms with Gasteiger partial charge in [0.25, 0.3) is 0 Å². The van der Waals surface area contributed by atoms with Gasteiger partial charge in [0.15, 0.2) is 0 Å². The van der Waals surface area contributed by atoms with Gasteiger partial charge < -0.3 is 5.73 Å². The van der Waals surface area contributed by atoms with Crippen molar-refractivity contribution in [2.75, 3.05) is 6.26 Å². The highest BCUT2D eigenvalue weighted by atomic mass is 35.5. The van der Waals surface area contributed by atoms with Gasteiger partial charge in [-0.1, -0.05) is 61.3 Å². The van der Waals surface area contributed by atoms with Gasteiger partial charge in [0, 0.05) is 65.0 Å². The van der Waals surface area contributed by atoms with Crippen LogP contribution in [0.4, 0.5) is 0 Å². The van der Waals surface area contributed by atoms with E-state index in [0.717, 1.165) is 57.2 Å². The number of aromatic nitrogens is 6. The fourth-order valence-electron chi connectivity index (χ4n) is 6.25. The first-order valence-corrected chi connectivity index (χ1v) is 21.5. The number of Topliss-reactive ketones (excluding diaryl/α,β-unsaturated/α-hetero) is 2. The number of nitrogens with zero attached hydrogens (tertiary/aromatic N) is 6. The first-order valence-electron chi connectivity index (χ1n) is 18.8. The van der Waals surface area contributed by atoms with E-state index < -0.39 is 10.0 Å². The van der Waals surface area contributed by atoms with Crippen LogP contribution in [-0.2, 0) is 45.5 Å². The van der Waals surface area contributed by atoms with Crippen molar-refractivity contribution >= 4 is 44.8 Å². The second kappa shape index (κ2) is 20.1. The van der Waals surface area contributed by atoms with Crippen LogP contribution in [0.3, 0.4) is 0 Å². The van der Waals surface area contributed by atoms with E-state index >= 15 is 0 Å². The Bertz CT molecular complexity index is 2450. The summed E-state index contributed by atoms with van der Waals surface area (Å²) in [5.41, 5.74) is 14.2. The van der Waals surface area contributed by atoms with Crippen molar-refractivity contribution in [1.29, 1.82) is 0 Å². The van der Waals surface area contributed by atoms with Crippen LogP contribution in [0.5, 0.6) is 0 Å². The maximum absolute atomic E-state index is 12.8. The van der Waals surface area contributed by atoms with Crippen LogP contribution in [0.25, 0.3) is 11.4 Å². The predicted octanol–water partition coefficient (Wildman–Crippen LogP) is 7.58. The molecule has 15 heteroatoms. The summed E-state index contributed by atoms with van der Waals surface area (Å²) in [6.07, 6.45) is 6.44. The van der Waals surface area contributed by atoms with Crippen molar-refractivity contribution < 1.29 is 18.0 Å². The summed E-state index contributed by atoms with van der Waals surface area (Å²) in [5.74, 6) is -0.241. The molecule has 0 saturated heterocycles. The van der Waals surface area contributed by atoms with E-state index in [0.29, 0.717) is 48.0 Å². The Morgan fingerprint density at radius 2 is 1.16 bits per heavy atom. The van der Waals surface area contributed by atoms with Crippen molar-refractivity contribution in [3.8, 4) is 11.4 Å². The van der Waals surface area contributed by atoms with Crippen LogP contribution in [0, 0.1) is 13.8 Å². The number of benzene rings is 2. The summed E-state index contributed by atoms with van der Waals surface area (Å²) in [7, 11) is -3.28. The molecule has 0 radical (unpaired) electrons. The molecule has 0 aliphatic carbocycles. The van der Waals surface area contributed by atoms with Crippen molar-refractivity contribution in [3.05, 3.63) is 153 Å². The van der Waals surface area contributed by atoms with E-state index in [4.69, 9.17) is 28.9 Å². The van der Waals surface area contributed by atoms with Crippen LogP contribution in [0.1, 0.15) is 83.8 Å². The van der Waals surface area contributed by atoms with Gasteiger partial charge in [-0.25, -0.2) is 22.5 Å². The molecule has 0 bridgehead atoms. The second-order valence-corrected chi connectivity index (χ2v) is 16.9. The smallest absolute Gasteiger partial charge is 0.209 e. The number of hydrogen-bond acceptors (Lipinski definition) is 9. The van der Waals surface area contributed by atoms with Crippen LogP contribution in [0.2, 0.25) is 10.0 Å². The first-order chi connectivity index (χ1) is 27.6. The molecule has 2 unspecified atom stereocenters. The number of hydrogen-bond donors (Lipinski definition) is 2. The quantitative estimate of drug-likeness (QED) is 0.0999. The highest BCUT2D eigenvalue weighted by Crippen LogP contribution is 2.23. The normalized spacial score (nSPS) is 12.4. The molecule has 4 aromatic heterocycles. The minimum absolute atomic E-state index is 0.0975. The molecule has 6 rings (SSSR count). The van der Waals surface area contributed by atoms with Crippen LogP contribution in [0.15, 0.2) is 97.3 Å². The van der Waals surface area contributed by atoms with Gasteiger partial charge in [0.1, 0.15) is 11.6 Å². The molecule has 58 heavy (non-hydrogen) atoms. The average molecular weight is 844 g/mol. The summed E-state index contributed by atoms with van der Waals surface area (Å²) in [5, 5.41) is 10.4. The Kier molecular flexibility index (Phi) is 15.3. The monoisotopic (exact) mass is 842 g/mol. The summed E-state index contributed by atoms with van der Waals surface area (Å²) in [6, 6.07) is 26.3. The maximum atomic E-state index is 12.8. The molecule has 0 spiro atoms. The number of rotatable bonds is 16. The Hall–Kier alpha value is -5.05. The third kappa shape index (κ3) is 12.5. The molecule has 0 aliphatic rings. The van der Waals surface area contributed by atoms with Crippen molar-refractivity contribution in [1.82, 2.24) is 34.3 Å². The Morgan fingerprint density at radius 1 is 0.707 bits per heavy atom. The second-order valence-electron chi connectivity index (χ2n) is 14.2. The van der Waals surface area contributed by atoms with Crippen LogP contribution < -0.4 is 10.5 Å². The predicted molar refractivity (Wildman–Crippen MR) is 228 cm³/mol. The van der Waals surface area contributed by atoms with Gasteiger partial charge in [-0.3, -0.25) is 19.6 Å². The summed E-state index contributed by atoms with van der Waals surface area (Å²) in [4.78, 5) is 34.0. The lowest BCUT2D eigenvalue weighted by Gasteiger charge is -2.12. The van der Waals surface area contributed by atoms with Crippen LogP contribution in [-0.4, -0.2) is 55.8 Å². The van der Waals surface area contributed by atoms with E-state index in [1.807, 2.05) is 116 Å². The zero-order valence-electron chi connectivity index (χ0n) is 33.2. The third-order valence-corrected chi connectivity index (χ3v) is 10.7. The molecule has 2 aromatic carbocycles. The number of pyridine rings is 2. The van der Waals surface area contributed by atoms with Gasteiger partial charge in [-0.05, 0) is 98.5 Å². The molecule has 2 atom stereocenters. The summed E-state index contributed by atoms with van der Waals surface area (Å²) in [6.45, 7) is 8.15. The molecule has 4 heterocycles. The largest absolute Gasteiger partial charge is 0.325 e. The zero-order chi connectivity index (χ0) is 42.0. The van der Waals surface area contributed by atoms with E-state index in [1.54, 1.807) is 18.5 Å². The minimum atomic E-state index is -3.28. The highest BCUT2D eigenvalue weighted by Gasteiger charge is 2.19. The number of nitrogens with two attached hydrogens (primary N) is 1. The summed E-state index contributed by atoms with van der Waals surface area (Å²) < 4.78 is 28.5. The summed E-state index contributed by atoms with van der Waals surface area (Å²) >= 11 is 12.2. The topological polar surface area (TPSA) is 168 Å². The van der Waals surface area contributed by atoms with Gasteiger partial charge in [0.05, 0.1) is 47.0 Å². The number of nitrogens with one attached hydrogen (secondary N) is 1. The van der Waals surface area contributed by atoms with Gasteiger partial charge >= 0.3 is 0 Å². The molecule has 304 valence electrons. The zero-order valence-corrected chi connectivity index (χ0v) is 35.5. The molecule has 0 aliphatic heterocycles. The SMILES string of the molecule is Cc1cc(CCC(=O)C(C)c2ccc(CN)nc2)n(-c2cccc(Cl)c2)n1.Cc1cc(CCC(=O)C(C)c2ccc(CNS(C)(=O)=O)nc2)n(-c2cccc(Cl)c2)n1. The van der Waals surface area contributed by atoms with E-state index in [1.165, 1.54) is 0 Å². The molecular formula is C43H48Cl2N8O4S. The van der Waals surface area contributed by atoms with Crippen molar-refractivity contribution in [2.45, 2.75) is 78.3 Å². The van der Waals surface area contributed by atoms with Crippen molar-refractivity contribution in [2.24, 2.45) is 5.73 Å². The molecule has 6 aromatic rings. The lowest BCUT2D eigenvalue weighted by atomic mass is 9.94. The average Bonchev–Trinajstić information content (AvgIpc) is 3.78. The number of halogens is 2. The van der Waals surface area contributed by atoms with Crippen LogP contribution >= 0.6 is 23.2 Å². The molecule has 0 fully saturated rings. The maximum Gasteiger partial charge on any atom is 0.209 e. The van der Waals surface area contributed by atoms with Gasteiger partial charge in [-0.2, -0.15) is 10.2 Å². The fraction of sp³-hybridized carbons (Fsp3) is 0.302.